The summed E-state index contributed by atoms with van der Waals surface area (Å²) >= 11 is 6.34. The number of hydrogen-bond donors (Lipinski definition) is 0. The molecule has 0 aromatic heterocycles. The summed E-state index contributed by atoms with van der Waals surface area (Å²) in [5.41, 5.74) is 4.24. The SMILES string of the molecule is Clc1ccccc1CC[SiH](Cc1ccccc1)Cc1ccccc1. The minimum Gasteiger partial charge on any atom is -0.0840 e. The van der Waals surface area contributed by atoms with Crippen LogP contribution in [-0.2, 0) is 18.5 Å². The van der Waals surface area contributed by atoms with Gasteiger partial charge in [0.25, 0.3) is 0 Å². The molecule has 0 heterocycles. The van der Waals surface area contributed by atoms with Crippen LogP contribution in [0, 0.1) is 0 Å². The van der Waals surface area contributed by atoms with E-state index in [2.05, 4.69) is 72.8 Å². The third-order valence-corrected chi connectivity index (χ3v) is 8.09. The highest BCUT2D eigenvalue weighted by Gasteiger charge is 2.14. The standard InChI is InChI=1S/C22H23ClSi/c23-22-14-8-7-13-21(22)15-16-24(17-19-9-3-1-4-10-19)18-20-11-5-2-6-12-20/h1-14,24H,15-18H2. The minimum absolute atomic E-state index is 0.907. The zero-order chi connectivity index (χ0) is 16.6. The first-order valence-electron chi connectivity index (χ1n) is 8.62. The van der Waals surface area contributed by atoms with Crippen molar-refractivity contribution in [3.05, 3.63) is 107 Å². The van der Waals surface area contributed by atoms with Gasteiger partial charge in [-0.15, -0.1) is 0 Å². The largest absolute Gasteiger partial charge is 0.0840 e. The molecular weight excluding hydrogens is 328 g/mol. The van der Waals surface area contributed by atoms with Crippen molar-refractivity contribution in [2.45, 2.75) is 24.6 Å². The Hall–Kier alpha value is -1.83. The molecule has 0 aliphatic carbocycles. The van der Waals surface area contributed by atoms with E-state index in [1.54, 1.807) is 0 Å². The second kappa shape index (κ2) is 8.86. The summed E-state index contributed by atoms with van der Waals surface area (Å²) in [5.74, 6) is 0. The van der Waals surface area contributed by atoms with Crippen LogP contribution in [0.2, 0.25) is 11.1 Å². The second-order valence-corrected chi connectivity index (χ2v) is 9.91. The van der Waals surface area contributed by atoms with Gasteiger partial charge in [-0.1, -0.05) is 108 Å². The third-order valence-electron chi connectivity index (χ3n) is 4.51. The Morgan fingerprint density at radius 1 is 0.625 bits per heavy atom. The highest BCUT2D eigenvalue weighted by atomic mass is 35.5. The number of rotatable bonds is 7. The van der Waals surface area contributed by atoms with Gasteiger partial charge in [-0.25, -0.2) is 0 Å². The maximum absolute atomic E-state index is 6.34. The molecule has 0 saturated heterocycles. The third kappa shape index (κ3) is 5.09. The van der Waals surface area contributed by atoms with Gasteiger partial charge in [0.05, 0.1) is 0 Å². The fraction of sp³-hybridized carbons (Fsp3) is 0.182. The van der Waals surface area contributed by atoms with Gasteiger partial charge in [-0.05, 0) is 30.1 Å². The van der Waals surface area contributed by atoms with E-state index in [1.807, 2.05) is 12.1 Å². The Labute approximate surface area is 151 Å². The predicted octanol–water partition coefficient (Wildman–Crippen LogP) is 5.67. The fourth-order valence-electron chi connectivity index (χ4n) is 3.23. The van der Waals surface area contributed by atoms with Gasteiger partial charge >= 0.3 is 0 Å². The Kier molecular flexibility index (Phi) is 6.28. The fourth-order valence-corrected chi connectivity index (χ4v) is 6.61. The van der Waals surface area contributed by atoms with Gasteiger partial charge in [0.2, 0.25) is 0 Å². The molecule has 2 heteroatoms. The van der Waals surface area contributed by atoms with Crippen molar-refractivity contribution in [2.24, 2.45) is 0 Å². The maximum Gasteiger partial charge on any atom is 0.0461 e. The van der Waals surface area contributed by atoms with Crippen molar-refractivity contribution in [1.82, 2.24) is 0 Å². The van der Waals surface area contributed by atoms with Crippen LogP contribution in [0.3, 0.4) is 0 Å². The molecule has 0 spiro atoms. The van der Waals surface area contributed by atoms with Crippen molar-refractivity contribution < 1.29 is 0 Å². The molecule has 0 bridgehead atoms. The van der Waals surface area contributed by atoms with Gasteiger partial charge in [0, 0.05) is 13.8 Å². The Morgan fingerprint density at radius 3 is 1.67 bits per heavy atom. The smallest absolute Gasteiger partial charge is 0.0461 e. The summed E-state index contributed by atoms with van der Waals surface area (Å²) in [6.07, 6.45) is 1.09. The first kappa shape index (κ1) is 17.0. The Bertz CT molecular complexity index is 699. The van der Waals surface area contributed by atoms with Crippen molar-refractivity contribution in [3.8, 4) is 0 Å². The average Bonchev–Trinajstić information content (AvgIpc) is 2.62. The van der Waals surface area contributed by atoms with Crippen LogP contribution in [0.15, 0.2) is 84.9 Å². The van der Waals surface area contributed by atoms with E-state index < -0.39 is 8.80 Å². The van der Waals surface area contributed by atoms with E-state index in [1.165, 1.54) is 34.8 Å². The number of halogens is 1. The summed E-state index contributed by atoms with van der Waals surface area (Å²) in [6.45, 7) is 0. The zero-order valence-electron chi connectivity index (χ0n) is 13.9. The van der Waals surface area contributed by atoms with Crippen molar-refractivity contribution in [3.63, 3.8) is 0 Å². The predicted molar refractivity (Wildman–Crippen MR) is 107 cm³/mol. The summed E-state index contributed by atoms with van der Waals surface area (Å²) in [7, 11) is -0.936. The van der Waals surface area contributed by atoms with Crippen LogP contribution in [0.1, 0.15) is 16.7 Å². The monoisotopic (exact) mass is 350 g/mol. The zero-order valence-corrected chi connectivity index (χ0v) is 15.8. The summed E-state index contributed by atoms with van der Waals surface area (Å²) in [5, 5.41) is 0.907. The molecule has 122 valence electrons. The van der Waals surface area contributed by atoms with Gasteiger partial charge < -0.3 is 0 Å². The van der Waals surface area contributed by atoms with Crippen LogP contribution in [-0.4, -0.2) is 8.80 Å². The van der Waals surface area contributed by atoms with Gasteiger partial charge in [0.1, 0.15) is 0 Å². The average molecular weight is 351 g/mol. The lowest BCUT2D eigenvalue weighted by molar-refractivity contribution is 1.07. The highest BCUT2D eigenvalue weighted by Crippen LogP contribution is 2.20. The van der Waals surface area contributed by atoms with Gasteiger partial charge in [-0.3, -0.25) is 0 Å². The molecule has 0 aliphatic rings. The lowest BCUT2D eigenvalue weighted by Gasteiger charge is -2.16. The molecule has 0 nitrogen and oxygen atoms in total. The number of aryl methyl sites for hydroxylation is 1. The summed E-state index contributed by atoms with van der Waals surface area (Å²) in [4.78, 5) is 0. The molecule has 3 rings (SSSR count). The van der Waals surface area contributed by atoms with Crippen LogP contribution in [0.5, 0.6) is 0 Å². The van der Waals surface area contributed by atoms with E-state index in [0.29, 0.717) is 0 Å². The molecule has 0 aliphatic heterocycles. The number of hydrogen-bond acceptors (Lipinski definition) is 0. The topological polar surface area (TPSA) is 0 Å². The van der Waals surface area contributed by atoms with Crippen molar-refractivity contribution in [2.75, 3.05) is 0 Å². The molecule has 3 aromatic carbocycles. The maximum atomic E-state index is 6.34. The normalized spacial score (nSPS) is 10.9. The molecule has 0 radical (unpaired) electrons. The summed E-state index contributed by atoms with van der Waals surface area (Å²) < 4.78 is 0. The van der Waals surface area contributed by atoms with E-state index >= 15 is 0 Å². The van der Waals surface area contributed by atoms with E-state index in [4.69, 9.17) is 11.6 Å². The van der Waals surface area contributed by atoms with Crippen LogP contribution < -0.4 is 0 Å². The molecular formula is C22H23ClSi. The van der Waals surface area contributed by atoms with Crippen LogP contribution >= 0.6 is 11.6 Å². The quantitative estimate of drug-likeness (QED) is 0.481. The van der Waals surface area contributed by atoms with Gasteiger partial charge in [-0.2, -0.15) is 0 Å². The van der Waals surface area contributed by atoms with E-state index in [0.717, 1.165) is 11.4 Å². The molecule has 0 saturated carbocycles. The van der Waals surface area contributed by atoms with Gasteiger partial charge in [0.15, 0.2) is 0 Å². The first-order chi connectivity index (χ1) is 11.8. The molecule has 0 atom stereocenters. The second-order valence-electron chi connectivity index (χ2n) is 6.38. The van der Waals surface area contributed by atoms with E-state index in [-0.39, 0.29) is 0 Å². The van der Waals surface area contributed by atoms with E-state index in [9.17, 15) is 0 Å². The van der Waals surface area contributed by atoms with Crippen molar-refractivity contribution >= 4 is 20.4 Å². The first-order valence-corrected chi connectivity index (χ1v) is 11.5. The molecule has 0 fully saturated rings. The lowest BCUT2D eigenvalue weighted by atomic mass is 10.2. The molecule has 24 heavy (non-hydrogen) atoms. The Morgan fingerprint density at radius 2 is 1.12 bits per heavy atom. The number of benzene rings is 3. The van der Waals surface area contributed by atoms with Crippen LogP contribution in [0.4, 0.5) is 0 Å². The molecule has 0 N–H and O–H groups in total. The highest BCUT2D eigenvalue weighted by molar-refractivity contribution is 6.57. The van der Waals surface area contributed by atoms with Crippen molar-refractivity contribution in [1.29, 1.82) is 0 Å². The molecule has 3 aromatic rings. The Balaban J connectivity index is 1.70. The molecule has 0 amide bonds. The minimum atomic E-state index is -0.936. The molecule has 0 unspecified atom stereocenters. The lowest BCUT2D eigenvalue weighted by Crippen LogP contribution is -2.21. The van der Waals surface area contributed by atoms with Crippen LogP contribution in [0.25, 0.3) is 0 Å². The summed E-state index contributed by atoms with van der Waals surface area (Å²) in [6, 6.07) is 33.9.